The number of ether oxygens (including phenoxy) is 12. The van der Waals surface area contributed by atoms with Crippen molar-refractivity contribution in [1.29, 1.82) is 0 Å². The van der Waals surface area contributed by atoms with Crippen LogP contribution in [0, 0.1) is 0 Å². The first-order chi connectivity index (χ1) is 42.0. The van der Waals surface area contributed by atoms with Crippen LogP contribution in [0.2, 0.25) is 0 Å². The molecule has 0 aliphatic heterocycles. The second kappa shape index (κ2) is 40.2. The Morgan fingerprint density at radius 3 is 0.875 bits per heavy atom. The highest BCUT2D eigenvalue weighted by Gasteiger charge is 2.44. The fourth-order valence-electron chi connectivity index (χ4n) is 6.29. The number of carbonyl (C=O) groups is 12. The highest BCUT2D eigenvalue weighted by molar-refractivity contribution is 5.97. The first-order valence-electron chi connectivity index (χ1n) is 25.5. The molecule has 7 N–H and O–H groups in total. The van der Waals surface area contributed by atoms with Gasteiger partial charge >= 0.3 is 71.6 Å². The van der Waals surface area contributed by atoms with Gasteiger partial charge in [0, 0.05) is 0 Å². The van der Waals surface area contributed by atoms with Crippen LogP contribution >= 0.6 is 0 Å². The molecule has 0 unspecified atom stereocenters. The Balaban J connectivity index is 1.67. The quantitative estimate of drug-likeness (QED) is 0.0133. The molecule has 0 aliphatic carbocycles. The Kier molecular flexibility index (Phi) is 33.4. The normalized spacial score (nSPS) is 11.0. The molecule has 0 atom stereocenters. The van der Waals surface area contributed by atoms with E-state index >= 15 is 0 Å². The number of hydrogen-bond donors (Lipinski definition) is 7. The fourth-order valence-corrected chi connectivity index (χ4v) is 6.29. The molecule has 0 aliphatic rings. The lowest BCUT2D eigenvalue weighted by Crippen LogP contribution is -2.46. The Labute approximate surface area is 495 Å². The maximum atomic E-state index is 13.5. The second-order valence-corrected chi connectivity index (χ2v) is 17.0. The van der Waals surface area contributed by atoms with Crippen LogP contribution in [-0.4, -0.2) is 209 Å². The Morgan fingerprint density at radius 2 is 0.580 bits per heavy atom. The molecule has 482 valence electrons. The smallest absolute Gasteiger partial charge is 0.349 e. The van der Waals surface area contributed by atoms with Crippen LogP contribution in [0.15, 0.2) is 72.8 Å². The summed E-state index contributed by atoms with van der Waals surface area (Å²) >= 11 is 0. The maximum Gasteiger partial charge on any atom is 0.349 e. The molecule has 0 amide bonds. The summed E-state index contributed by atoms with van der Waals surface area (Å²) in [7, 11) is 0. The van der Waals surface area contributed by atoms with Crippen LogP contribution in [-0.2, 0) is 100 Å². The SMILES string of the molecule is O=C(COC(=O)c1ccccc1OC(=O)COC(=O)CC(O)(CC(=O)OCC(=O)Oc1ccccc1C(=O)OCC(=O)OCCCCON(O)O)C(=O)OCC(=O)Oc1ccccc1C(=O)OCC(=O)OCCCCON(O)O)OCCCCON(O)O. The minimum absolute atomic E-state index is 0.128. The summed E-state index contributed by atoms with van der Waals surface area (Å²) in [6, 6.07) is 14.5. The molecular weight excluding hydrogens is 1200 g/mol. The minimum atomic E-state index is -3.38. The zero-order valence-corrected chi connectivity index (χ0v) is 46.1. The van der Waals surface area contributed by atoms with E-state index in [-0.39, 0.29) is 78.2 Å². The number of hydrogen-bond acceptors (Lipinski definition) is 37. The molecule has 0 saturated carbocycles. The van der Waals surface area contributed by atoms with Crippen LogP contribution in [0.4, 0.5) is 0 Å². The van der Waals surface area contributed by atoms with E-state index in [1.54, 1.807) is 0 Å². The molecule has 0 aromatic heterocycles. The highest BCUT2D eigenvalue weighted by atomic mass is 17.1. The molecule has 3 aromatic rings. The zero-order chi connectivity index (χ0) is 64.9. The molecule has 0 bridgehead atoms. The molecule has 37 heteroatoms. The average molecular weight is 1260 g/mol. The van der Waals surface area contributed by atoms with Crippen molar-refractivity contribution in [3.05, 3.63) is 89.5 Å². The lowest BCUT2D eigenvalue weighted by molar-refractivity contribution is -0.492. The van der Waals surface area contributed by atoms with E-state index in [9.17, 15) is 62.6 Å². The Bertz CT molecular complexity index is 2700. The van der Waals surface area contributed by atoms with Gasteiger partial charge in [-0.1, -0.05) is 36.4 Å². The molecule has 0 radical (unpaired) electrons. The largest absolute Gasteiger partial charge is 0.463 e. The monoisotopic (exact) mass is 1260 g/mol. The van der Waals surface area contributed by atoms with Crippen molar-refractivity contribution in [1.82, 2.24) is 16.2 Å². The summed E-state index contributed by atoms with van der Waals surface area (Å²) in [6.45, 7) is -7.65. The van der Waals surface area contributed by atoms with Crippen molar-refractivity contribution < 1.29 is 165 Å². The standard InChI is InChI=1S/C51H59N3O34/c55-39(77-30-44(60)86-36-16-4-1-13-33(36)47(63)79-27-41(57)74-19-7-10-22-83-52(68)69)25-51(67,50(66)82-32-46(62)88-38-18-6-3-15-35(38)49(65)81-29-43(59)76-21-9-12-24-85-54(72)73)26-40(56)78-31-45(61)87-37-17-5-2-14-34(37)48(64)80-28-42(58)75-20-8-11-23-84-53(70)71/h1-6,13-18,67-73H,7-12,19-32H2. The van der Waals surface area contributed by atoms with E-state index in [2.05, 4.69) is 14.5 Å². The van der Waals surface area contributed by atoms with Gasteiger partial charge in [-0.3, -0.25) is 55.3 Å². The lowest BCUT2D eigenvalue weighted by atomic mass is 9.95. The molecule has 0 saturated heterocycles. The summed E-state index contributed by atoms with van der Waals surface area (Å²) in [5, 5.41) is 61.2. The van der Waals surface area contributed by atoms with Crippen molar-refractivity contribution in [2.45, 2.75) is 57.0 Å². The fraction of sp³-hybridized carbons (Fsp3) is 0.412. The molecule has 0 fully saturated rings. The molecule has 0 heterocycles. The summed E-state index contributed by atoms with van der Waals surface area (Å²) < 4.78 is 59.3. The Morgan fingerprint density at radius 1 is 0.318 bits per heavy atom. The zero-order valence-electron chi connectivity index (χ0n) is 46.1. The first-order valence-corrected chi connectivity index (χ1v) is 25.5. The number of esters is 12. The summed E-state index contributed by atoms with van der Waals surface area (Å²) in [4.78, 5) is 166. The van der Waals surface area contributed by atoms with E-state index < -0.39 is 180 Å². The van der Waals surface area contributed by atoms with Crippen LogP contribution in [0.1, 0.15) is 82.4 Å². The third-order valence-electron chi connectivity index (χ3n) is 10.3. The average Bonchev–Trinajstić information content (AvgIpc) is 3.50. The van der Waals surface area contributed by atoms with Gasteiger partial charge in [-0.25, -0.2) is 47.9 Å². The van der Waals surface area contributed by atoms with Crippen molar-refractivity contribution in [2.75, 3.05) is 79.3 Å². The number of para-hydroxylation sites is 3. The maximum absolute atomic E-state index is 13.5. The van der Waals surface area contributed by atoms with E-state index in [0.717, 1.165) is 36.4 Å². The molecule has 37 nitrogen and oxygen atoms in total. The van der Waals surface area contributed by atoms with Crippen LogP contribution in [0.25, 0.3) is 0 Å². The van der Waals surface area contributed by atoms with Crippen LogP contribution in [0.3, 0.4) is 0 Å². The summed E-state index contributed by atoms with van der Waals surface area (Å²) in [5.74, 6) is -17.5. The van der Waals surface area contributed by atoms with Crippen LogP contribution in [0.5, 0.6) is 17.2 Å². The van der Waals surface area contributed by atoms with Gasteiger partial charge in [-0.15, -0.1) is 0 Å². The van der Waals surface area contributed by atoms with E-state index in [4.69, 9.17) is 88.1 Å². The lowest BCUT2D eigenvalue weighted by Gasteiger charge is -2.24. The predicted molar refractivity (Wildman–Crippen MR) is 269 cm³/mol. The Hall–Kier alpha value is -9.22. The van der Waals surface area contributed by atoms with Crippen molar-refractivity contribution >= 4 is 71.6 Å². The number of aliphatic hydroxyl groups is 1. The van der Waals surface area contributed by atoms with Gasteiger partial charge in [0.2, 0.25) is 0 Å². The molecule has 0 spiro atoms. The summed E-state index contributed by atoms with van der Waals surface area (Å²) in [6.07, 6.45) is -1.78. The van der Waals surface area contributed by atoms with Gasteiger partial charge in [0.25, 0.3) is 0 Å². The van der Waals surface area contributed by atoms with Gasteiger partial charge in [0.15, 0.2) is 45.2 Å². The van der Waals surface area contributed by atoms with Gasteiger partial charge < -0.3 is 61.9 Å². The molecule has 88 heavy (non-hydrogen) atoms. The van der Waals surface area contributed by atoms with Crippen molar-refractivity contribution in [2.24, 2.45) is 0 Å². The van der Waals surface area contributed by atoms with E-state index in [0.29, 0.717) is 0 Å². The number of carbonyl (C=O) groups excluding carboxylic acids is 12. The number of benzene rings is 3. The number of nitrogens with zero attached hydrogens (tertiary/aromatic N) is 3. The van der Waals surface area contributed by atoms with E-state index in [1.807, 2.05) is 0 Å². The first kappa shape index (κ1) is 73.0. The van der Waals surface area contributed by atoms with Gasteiger partial charge in [0.1, 0.15) is 33.9 Å². The predicted octanol–water partition coefficient (Wildman–Crippen LogP) is 0.421. The number of rotatable bonds is 41. The van der Waals surface area contributed by atoms with Crippen molar-refractivity contribution in [3.63, 3.8) is 0 Å². The van der Waals surface area contributed by atoms with E-state index in [1.165, 1.54) is 36.4 Å². The third kappa shape index (κ3) is 30.2. The van der Waals surface area contributed by atoms with Gasteiger partial charge in [-0.05, 0) is 74.9 Å². The second-order valence-electron chi connectivity index (χ2n) is 17.0. The number of unbranched alkanes of at least 4 members (excludes halogenated alkanes) is 3. The summed E-state index contributed by atoms with van der Waals surface area (Å²) in [5.41, 5.74) is -4.66. The minimum Gasteiger partial charge on any atom is -0.463 e. The highest BCUT2D eigenvalue weighted by Crippen LogP contribution is 2.24. The van der Waals surface area contributed by atoms with Gasteiger partial charge in [0.05, 0.1) is 68.7 Å². The van der Waals surface area contributed by atoms with Crippen molar-refractivity contribution in [3.8, 4) is 17.2 Å². The van der Waals surface area contributed by atoms with Gasteiger partial charge in [-0.2, -0.15) is 0 Å². The third-order valence-corrected chi connectivity index (χ3v) is 10.3. The van der Waals surface area contributed by atoms with Crippen LogP contribution < -0.4 is 14.2 Å². The molecular formula is C51H59N3O34. The molecule has 3 rings (SSSR count). The molecule has 3 aromatic carbocycles. The topological polar surface area (TPSA) is 495 Å².